The van der Waals surface area contributed by atoms with Crippen LogP contribution in [0.25, 0.3) is 0 Å². The summed E-state index contributed by atoms with van der Waals surface area (Å²) >= 11 is 0. The molecular weight excluding hydrogens is 412 g/mol. The Morgan fingerprint density at radius 1 is 1.09 bits per heavy atom. The molecule has 0 saturated carbocycles. The summed E-state index contributed by atoms with van der Waals surface area (Å²) in [7, 11) is -2.71. The number of aliphatic hydroxyl groups excluding tert-OH is 2. The van der Waals surface area contributed by atoms with E-state index < -0.39 is 25.9 Å². The fraction of sp³-hybridized carbons (Fsp3) is 0.429. The Bertz CT molecular complexity index is 893. The van der Waals surface area contributed by atoms with Crippen LogP contribution in [0.5, 0.6) is 0 Å². The first-order chi connectivity index (χ1) is 15.1. The van der Waals surface area contributed by atoms with E-state index in [1.807, 2.05) is 19.1 Å². The monoisotopic (exact) mass is 450 g/mol. The standard InChI is InChI=1S/C28H38O3Si/c1-7-25(29)28(6)24(21(2)18-19-26(28)30)20-31-32(27(3,4)5,22-14-10-8-11-15-22)23-16-12-9-13-17-23/h7-18,24-26,29-30H,1,19-20H2,2-6H3/t24-,25-,26-,28-/m0/s1. The van der Waals surface area contributed by atoms with Crippen molar-refractivity contribution in [3.63, 3.8) is 0 Å². The van der Waals surface area contributed by atoms with Gasteiger partial charge in [-0.2, -0.15) is 0 Å². The van der Waals surface area contributed by atoms with Gasteiger partial charge >= 0.3 is 0 Å². The van der Waals surface area contributed by atoms with Gasteiger partial charge in [0.05, 0.1) is 12.2 Å². The Morgan fingerprint density at radius 3 is 2.03 bits per heavy atom. The summed E-state index contributed by atoms with van der Waals surface area (Å²) in [4.78, 5) is 0. The normalized spacial score (nSPS) is 25.2. The van der Waals surface area contributed by atoms with Gasteiger partial charge < -0.3 is 14.6 Å². The molecule has 4 atom stereocenters. The zero-order valence-corrected chi connectivity index (χ0v) is 21.1. The van der Waals surface area contributed by atoms with Crippen molar-refractivity contribution in [1.82, 2.24) is 0 Å². The highest BCUT2D eigenvalue weighted by Crippen LogP contribution is 2.46. The SMILES string of the molecule is C=C[C@H](O)[C@@]1(C)[C@@H](O)CC=C(C)[C@@H]1CO[Si](c1ccccc1)(c1ccccc1)C(C)(C)C. The van der Waals surface area contributed by atoms with Crippen molar-refractivity contribution in [3.05, 3.63) is 85.0 Å². The van der Waals surface area contributed by atoms with Gasteiger partial charge in [-0.3, -0.25) is 0 Å². The van der Waals surface area contributed by atoms with Crippen molar-refractivity contribution in [2.24, 2.45) is 11.3 Å². The van der Waals surface area contributed by atoms with E-state index in [4.69, 9.17) is 4.43 Å². The van der Waals surface area contributed by atoms with E-state index in [1.165, 1.54) is 16.4 Å². The number of hydrogen-bond acceptors (Lipinski definition) is 3. The molecule has 3 rings (SSSR count). The molecule has 0 saturated heterocycles. The van der Waals surface area contributed by atoms with Crippen LogP contribution in [-0.2, 0) is 4.43 Å². The summed E-state index contributed by atoms with van der Waals surface area (Å²) in [5, 5.41) is 24.1. The van der Waals surface area contributed by atoms with Crippen LogP contribution in [0, 0.1) is 11.3 Å². The maximum Gasteiger partial charge on any atom is 0.261 e. The minimum absolute atomic E-state index is 0.124. The molecule has 3 nitrogen and oxygen atoms in total. The smallest absolute Gasteiger partial charge is 0.261 e. The van der Waals surface area contributed by atoms with Crippen LogP contribution >= 0.6 is 0 Å². The molecule has 4 heteroatoms. The summed E-state index contributed by atoms with van der Waals surface area (Å²) in [5.41, 5.74) is 0.392. The molecule has 0 unspecified atom stereocenters. The summed E-state index contributed by atoms with van der Waals surface area (Å²) in [6, 6.07) is 21.1. The lowest BCUT2D eigenvalue weighted by Gasteiger charge is -2.49. The largest absolute Gasteiger partial charge is 0.407 e. The number of benzene rings is 2. The van der Waals surface area contributed by atoms with Crippen LogP contribution in [0.2, 0.25) is 5.04 Å². The first-order valence-corrected chi connectivity index (χ1v) is 13.4. The molecule has 1 aliphatic rings. The van der Waals surface area contributed by atoms with Crippen molar-refractivity contribution in [2.75, 3.05) is 6.61 Å². The van der Waals surface area contributed by atoms with E-state index in [-0.39, 0.29) is 11.0 Å². The van der Waals surface area contributed by atoms with Gasteiger partial charge in [0, 0.05) is 17.9 Å². The zero-order valence-electron chi connectivity index (χ0n) is 20.1. The average molecular weight is 451 g/mol. The second kappa shape index (κ2) is 9.48. The Hall–Kier alpha value is -1.98. The average Bonchev–Trinajstić information content (AvgIpc) is 2.78. The maximum absolute atomic E-state index is 10.9. The van der Waals surface area contributed by atoms with Crippen molar-refractivity contribution in [1.29, 1.82) is 0 Å². The molecule has 172 valence electrons. The minimum atomic E-state index is -2.71. The van der Waals surface area contributed by atoms with E-state index in [1.54, 1.807) is 0 Å². The van der Waals surface area contributed by atoms with Gasteiger partial charge in [0.25, 0.3) is 8.32 Å². The lowest BCUT2D eigenvalue weighted by molar-refractivity contribution is -0.0816. The first kappa shape index (κ1) is 24.7. The van der Waals surface area contributed by atoms with E-state index in [9.17, 15) is 10.2 Å². The van der Waals surface area contributed by atoms with Crippen LogP contribution < -0.4 is 10.4 Å². The van der Waals surface area contributed by atoms with E-state index >= 15 is 0 Å². The summed E-state index contributed by atoms with van der Waals surface area (Å²) in [5.74, 6) is -0.124. The first-order valence-electron chi connectivity index (χ1n) is 11.5. The topological polar surface area (TPSA) is 49.7 Å². The Balaban J connectivity index is 2.13. The predicted molar refractivity (Wildman–Crippen MR) is 136 cm³/mol. The summed E-state index contributed by atoms with van der Waals surface area (Å²) in [6.45, 7) is 15.0. The fourth-order valence-electron chi connectivity index (χ4n) is 5.35. The molecule has 1 aliphatic carbocycles. The van der Waals surface area contributed by atoms with Gasteiger partial charge in [-0.25, -0.2) is 0 Å². The lowest BCUT2D eigenvalue weighted by atomic mass is 9.63. The Morgan fingerprint density at radius 2 is 1.59 bits per heavy atom. The Labute approximate surface area is 194 Å². The summed E-state index contributed by atoms with van der Waals surface area (Å²) in [6.07, 6.45) is 2.67. The van der Waals surface area contributed by atoms with Gasteiger partial charge in [-0.15, -0.1) is 6.58 Å². The van der Waals surface area contributed by atoms with Crippen LogP contribution in [0.4, 0.5) is 0 Å². The quantitative estimate of drug-likeness (QED) is 0.484. The van der Waals surface area contributed by atoms with Gasteiger partial charge in [-0.05, 0) is 28.8 Å². The van der Waals surface area contributed by atoms with Gasteiger partial charge in [-0.1, -0.05) is 106 Å². The molecule has 2 N–H and O–H groups in total. The van der Waals surface area contributed by atoms with Crippen molar-refractivity contribution in [3.8, 4) is 0 Å². The third kappa shape index (κ3) is 4.17. The van der Waals surface area contributed by atoms with Crippen molar-refractivity contribution in [2.45, 2.75) is 58.3 Å². The van der Waals surface area contributed by atoms with Gasteiger partial charge in [0.1, 0.15) is 0 Å². The van der Waals surface area contributed by atoms with Crippen LogP contribution in [-0.4, -0.2) is 37.3 Å². The predicted octanol–water partition coefficient (Wildman–Crippen LogP) is 4.44. The minimum Gasteiger partial charge on any atom is -0.407 e. The van der Waals surface area contributed by atoms with E-state index in [0.29, 0.717) is 13.0 Å². The van der Waals surface area contributed by atoms with Crippen molar-refractivity contribution >= 4 is 18.7 Å². The summed E-state index contributed by atoms with van der Waals surface area (Å²) < 4.78 is 7.16. The lowest BCUT2D eigenvalue weighted by Crippen LogP contribution is -2.67. The molecule has 2 aromatic rings. The van der Waals surface area contributed by atoms with E-state index in [2.05, 4.69) is 88.9 Å². The van der Waals surface area contributed by atoms with Crippen molar-refractivity contribution < 1.29 is 14.6 Å². The molecular formula is C28H38O3Si. The molecule has 0 amide bonds. The second-order valence-corrected chi connectivity index (χ2v) is 14.6. The zero-order chi connectivity index (χ0) is 23.6. The molecule has 0 fully saturated rings. The highest BCUT2D eigenvalue weighted by atomic mass is 28.4. The maximum atomic E-state index is 10.9. The van der Waals surface area contributed by atoms with E-state index in [0.717, 1.165) is 5.57 Å². The fourth-order valence-corrected chi connectivity index (χ4v) is 9.93. The van der Waals surface area contributed by atoms with Crippen LogP contribution in [0.3, 0.4) is 0 Å². The number of rotatable bonds is 7. The van der Waals surface area contributed by atoms with Crippen LogP contribution in [0.15, 0.2) is 85.0 Å². The Kier molecular flexibility index (Phi) is 7.30. The van der Waals surface area contributed by atoms with Gasteiger partial charge in [0.2, 0.25) is 0 Å². The molecule has 32 heavy (non-hydrogen) atoms. The molecule has 0 radical (unpaired) electrons. The third-order valence-electron chi connectivity index (χ3n) is 7.43. The molecule has 0 aliphatic heterocycles. The highest BCUT2D eigenvalue weighted by molar-refractivity contribution is 6.99. The number of hydrogen-bond donors (Lipinski definition) is 2. The molecule has 0 spiro atoms. The van der Waals surface area contributed by atoms with Gasteiger partial charge in [0.15, 0.2) is 0 Å². The third-order valence-corrected chi connectivity index (χ3v) is 12.4. The second-order valence-electron chi connectivity index (χ2n) is 10.3. The molecule has 0 aromatic heterocycles. The highest BCUT2D eigenvalue weighted by Gasteiger charge is 2.53. The number of aliphatic hydroxyl groups is 2. The molecule has 0 heterocycles. The molecule has 0 bridgehead atoms. The van der Waals surface area contributed by atoms with Crippen LogP contribution in [0.1, 0.15) is 41.0 Å². The molecule has 2 aromatic carbocycles.